The van der Waals surface area contributed by atoms with E-state index in [0.29, 0.717) is 0 Å². The van der Waals surface area contributed by atoms with Gasteiger partial charge in [0.15, 0.2) is 0 Å². The summed E-state index contributed by atoms with van der Waals surface area (Å²) in [6.07, 6.45) is 0. The Balaban J connectivity index is 1.12. The molecule has 262 valence electrons. The maximum Gasteiger partial charge on any atom is 0.0727 e. The van der Waals surface area contributed by atoms with Gasteiger partial charge in [-0.2, -0.15) is 0 Å². The van der Waals surface area contributed by atoms with E-state index in [1.165, 1.54) is 78.1 Å². The monoisotopic (exact) mass is 704 g/mol. The number of rotatable bonds is 5. The predicted octanol–water partition coefficient (Wildman–Crippen LogP) is 13.6. The minimum absolute atomic E-state index is 0.0607. The molecule has 0 fully saturated rings. The van der Waals surface area contributed by atoms with Crippen LogP contribution in [0.2, 0.25) is 0 Å². The second kappa shape index (κ2) is 11.7. The van der Waals surface area contributed by atoms with Gasteiger partial charge in [-0.05, 0) is 127 Å². The molecular weight excluding hydrogens is 665 g/mol. The maximum atomic E-state index is 2.48. The van der Waals surface area contributed by atoms with E-state index in [0.717, 1.165) is 17.1 Å². The molecule has 8 aromatic rings. The predicted molar refractivity (Wildman–Crippen MR) is 229 cm³/mol. The lowest BCUT2D eigenvalue weighted by molar-refractivity contribution is 0.660. The molecule has 8 aromatic carbocycles. The average Bonchev–Trinajstić information content (AvgIpc) is 3.79. The number of para-hydroxylation sites is 2. The summed E-state index contributed by atoms with van der Waals surface area (Å²) in [5, 5.41) is 0. The minimum atomic E-state index is -0.481. The number of hydrogen-bond donors (Lipinski definition) is 0. The zero-order chi connectivity index (χ0) is 36.9. The van der Waals surface area contributed by atoms with Crippen molar-refractivity contribution in [1.29, 1.82) is 0 Å². The van der Waals surface area contributed by atoms with Crippen LogP contribution in [0.3, 0.4) is 0 Å². The Morgan fingerprint density at radius 3 is 1.20 bits per heavy atom. The van der Waals surface area contributed by atoms with E-state index in [1.54, 1.807) is 0 Å². The summed E-state index contributed by atoms with van der Waals surface area (Å²) in [4.78, 5) is 4.76. The first-order valence-corrected chi connectivity index (χ1v) is 19.3. The second-order valence-corrected chi connectivity index (χ2v) is 15.8. The van der Waals surface area contributed by atoms with Gasteiger partial charge < -0.3 is 9.80 Å². The minimum Gasteiger partial charge on any atom is -0.345 e. The summed E-state index contributed by atoms with van der Waals surface area (Å²) >= 11 is 0. The van der Waals surface area contributed by atoms with Crippen LogP contribution in [0.1, 0.15) is 47.2 Å². The molecule has 3 aliphatic rings. The van der Waals surface area contributed by atoms with Crippen LogP contribution < -0.4 is 9.80 Å². The van der Waals surface area contributed by atoms with Gasteiger partial charge in [-0.25, -0.2) is 0 Å². The van der Waals surface area contributed by atoms with Crippen molar-refractivity contribution in [2.24, 2.45) is 0 Å². The average molecular weight is 705 g/mol. The highest BCUT2D eigenvalue weighted by Gasteiger charge is 2.52. The van der Waals surface area contributed by atoms with Crippen LogP contribution in [-0.2, 0) is 10.8 Å². The largest absolute Gasteiger partial charge is 0.345 e. The molecule has 0 atom stereocenters. The Bertz CT molecular complexity index is 2730. The Kier molecular flexibility index (Phi) is 6.76. The third kappa shape index (κ3) is 4.37. The van der Waals surface area contributed by atoms with E-state index in [2.05, 4.69) is 219 Å². The summed E-state index contributed by atoms with van der Waals surface area (Å²) < 4.78 is 0. The zero-order valence-corrected chi connectivity index (χ0v) is 31.3. The molecule has 2 nitrogen and oxygen atoms in total. The third-order valence-corrected chi connectivity index (χ3v) is 12.7. The van der Waals surface area contributed by atoms with Crippen molar-refractivity contribution in [2.45, 2.75) is 24.7 Å². The van der Waals surface area contributed by atoms with Gasteiger partial charge in [0.25, 0.3) is 0 Å². The highest BCUT2D eigenvalue weighted by molar-refractivity contribution is 5.97. The summed E-state index contributed by atoms with van der Waals surface area (Å²) in [6.45, 7) is 4.72. The van der Waals surface area contributed by atoms with E-state index in [4.69, 9.17) is 0 Å². The van der Waals surface area contributed by atoms with Crippen molar-refractivity contribution in [3.05, 3.63) is 221 Å². The SMILES string of the molecule is CN(c1ccc2c(c1)C(C)(C)c1ccccc1-2)c1ccc2c(c1)C1(c3ccccc3-c3ccccc31)c1cc(N(c3ccccc3)c3ccccc3)ccc1-2. The van der Waals surface area contributed by atoms with Crippen molar-refractivity contribution >= 4 is 28.4 Å². The molecule has 2 heteroatoms. The first-order chi connectivity index (χ1) is 27.0. The number of hydrogen-bond acceptors (Lipinski definition) is 2. The summed E-state index contributed by atoms with van der Waals surface area (Å²) in [5.74, 6) is 0. The van der Waals surface area contributed by atoms with Crippen LogP contribution in [0.25, 0.3) is 33.4 Å². The Hall–Kier alpha value is -6.64. The molecule has 0 N–H and O–H groups in total. The van der Waals surface area contributed by atoms with E-state index in [9.17, 15) is 0 Å². The summed E-state index contributed by atoms with van der Waals surface area (Å²) in [5.41, 5.74) is 21.3. The topological polar surface area (TPSA) is 6.48 Å². The smallest absolute Gasteiger partial charge is 0.0727 e. The van der Waals surface area contributed by atoms with E-state index < -0.39 is 5.41 Å². The van der Waals surface area contributed by atoms with Gasteiger partial charge in [-0.1, -0.05) is 141 Å². The molecule has 0 radical (unpaired) electrons. The first kappa shape index (κ1) is 31.8. The quantitative estimate of drug-likeness (QED) is 0.176. The normalized spacial score (nSPS) is 14.4. The highest BCUT2D eigenvalue weighted by atomic mass is 15.1. The summed E-state index contributed by atoms with van der Waals surface area (Å²) in [7, 11) is 2.22. The summed E-state index contributed by atoms with van der Waals surface area (Å²) in [6, 6.07) is 69.9. The zero-order valence-electron chi connectivity index (χ0n) is 31.3. The van der Waals surface area contributed by atoms with Crippen LogP contribution in [0, 0.1) is 0 Å². The lowest BCUT2D eigenvalue weighted by atomic mass is 9.70. The fourth-order valence-corrected chi connectivity index (χ4v) is 10.1. The molecule has 55 heavy (non-hydrogen) atoms. The molecule has 0 heterocycles. The Labute approximate surface area is 323 Å². The van der Waals surface area contributed by atoms with Crippen molar-refractivity contribution in [1.82, 2.24) is 0 Å². The molecule has 0 aliphatic heterocycles. The van der Waals surface area contributed by atoms with Gasteiger partial charge in [0.2, 0.25) is 0 Å². The Morgan fingerprint density at radius 1 is 0.309 bits per heavy atom. The van der Waals surface area contributed by atoms with Crippen molar-refractivity contribution < 1.29 is 0 Å². The molecule has 0 saturated carbocycles. The molecular formula is C53H40N2. The Morgan fingerprint density at radius 2 is 0.673 bits per heavy atom. The number of anilines is 5. The first-order valence-electron chi connectivity index (χ1n) is 19.3. The molecule has 0 saturated heterocycles. The number of fused-ring (bicyclic) bond motifs is 13. The van der Waals surface area contributed by atoms with Crippen LogP contribution in [0.15, 0.2) is 188 Å². The van der Waals surface area contributed by atoms with Gasteiger partial charge >= 0.3 is 0 Å². The van der Waals surface area contributed by atoms with Crippen molar-refractivity contribution in [3.63, 3.8) is 0 Å². The fourth-order valence-electron chi connectivity index (χ4n) is 10.1. The molecule has 0 amide bonds. The van der Waals surface area contributed by atoms with E-state index in [-0.39, 0.29) is 5.41 Å². The van der Waals surface area contributed by atoms with Crippen LogP contribution >= 0.6 is 0 Å². The van der Waals surface area contributed by atoms with E-state index >= 15 is 0 Å². The van der Waals surface area contributed by atoms with Gasteiger partial charge in [-0.3, -0.25) is 0 Å². The maximum absolute atomic E-state index is 2.48. The van der Waals surface area contributed by atoms with Crippen LogP contribution in [-0.4, -0.2) is 7.05 Å². The molecule has 1 spiro atoms. The standard InChI is InChI=1S/C53H40N2/c1-52(2)46-23-13-10-20-40(46)43-29-26-37(32-49(43)52)54(3)38-27-30-44-45-31-28-39(55(35-16-6-4-7-17-35)36-18-8-5-9-19-36)34-51(45)53(50(44)33-38)47-24-14-11-21-41(47)42-22-12-15-25-48(42)53/h4-34H,1-3H3. The highest BCUT2D eigenvalue weighted by Crippen LogP contribution is 2.64. The number of nitrogens with zero attached hydrogens (tertiary/aromatic N) is 2. The van der Waals surface area contributed by atoms with Gasteiger partial charge in [-0.15, -0.1) is 0 Å². The number of benzene rings is 8. The molecule has 0 bridgehead atoms. The molecule has 0 unspecified atom stereocenters. The van der Waals surface area contributed by atoms with Crippen molar-refractivity contribution in [3.8, 4) is 33.4 Å². The van der Waals surface area contributed by atoms with Crippen LogP contribution in [0.4, 0.5) is 28.4 Å². The second-order valence-electron chi connectivity index (χ2n) is 15.8. The molecule has 3 aliphatic carbocycles. The molecule has 11 rings (SSSR count). The fraction of sp³-hybridized carbons (Fsp3) is 0.0943. The molecule has 0 aromatic heterocycles. The lowest BCUT2D eigenvalue weighted by Crippen LogP contribution is -2.26. The third-order valence-electron chi connectivity index (χ3n) is 12.7. The van der Waals surface area contributed by atoms with Gasteiger partial charge in [0, 0.05) is 40.9 Å². The van der Waals surface area contributed by atoms with Gasteiger partial charge in [0.1, 0.15) is 0 Å². The van der Waals surface area contributed by atoms with Gasteiger partial charge in [0.05, 0.1) is 5.41 Å². The van der Waals surface area contributed by atoms with E-state index in [1.807, 2.05) is 0 Å². The van der Waals surface area contributed by atoms with Crippen molar-refractivity contribution in [2.75, 3.05) is 16.8 Å². The van der Waals surface area contributed by atoms with Crippen LogP contribution in [0.5, 0.6) is 0 Å². The lowest BCUT2D eigenvalue weighted by Gasteiger charge is -2.33.